The molecule has 7 heteroatoms. The number of benzene rings is 1. The Labute approximate surface area is 207 Å². The van der Waals surface area contributed by atoms with Crippen molar-refractivity contribution < 1.29 is 15.0 Å². The van der Waals surface area contributed by atoms with Gasteiger partial charge in [-0.15, -0.1) is 11.3 Å². The summed E-state index contributed by atoms with van der Waals surface area (Å²) in [6.45, 7) is 2.66. The van der Waals surface area contributed by atoms with Crippen LogP contribution in [0.25, 0.3) is 6.08 Å². The van der Waals surface area contributed by atoms with E-state index in [-0.39, 0.29) is 17.7 Å². The maximum absolute atomic E-state index is 12.7. The number of nitrogens with one attached hydrogen (secondary N) is 1. The molecule has 5 rings (SSSR count). The summed E-state index contributed by atoms with van der Waals surface area (Å²) in [6, 6.07) is 9.34. The number of thiophene rings is 1. The molecule has 0 bridgehead atoms. The molecule has 0 spiro atoms. The van der Waals surface area contributed by atoms with E-state index in [1.54, 1.807) is 29.5 Å². The first kappa shape index (κ1) is 23.1. The Balaban J connectivity index is 1.35. The molecule has 0 unspecified atom stereocenters. The Hall–Kier alpha value is -1.67. The SMILES string of the molecule is O=C(/C=C/c1cc(Br)cs1)N[C@H]1CC[C@]2(O)CN(CC3CC3)CC[C@@]2(c2cccc(O)c2)C1. The fraction of sp³-hybridized carbons (Fsp3) is 0.500. The highest BCUT2D eigenvalue weighted by Gasteiger charge is 2.57. The van der Waals surface area contributed by atoms with Crippen molar-refractivity contribution in [1.29, 1.82) is 0 Å². The minimum absolute atomic E-state index is 0.0187. The summed E-state index contributed by atoms with van der Waals surface area (Å²) < 4.78 is 1.01. The number of rotatable bonds is 6. The molecule has 176 valence electrons. The highest BCUT2D eigenvalue weighted by molar-refractivity contribution is 9.10. The lowest BCUT2D eigenvalue weighted by atomic mass is 9.55. The summed E-state index contributed by atoms with van der Waals surface area (Å²) in [7, 11) is 0. The maximum atomic E-state index is 12.7. The number of phenolic OH excluding ortho intramolecular Hbond substituents is 1. The third kappa shape index (κ3) is 4.92. The first-order chi connectivity index (χ1) is 15.8. The summed E-state index contributed by atoms with van der Waals surface area (Å²) >= 11 is 5.02. The zero-order valence-corrected chi connectivity index (χ0v) is 21.1. The molecule has 1 amide bonds. The number of piperidine rings is 1. The second-order valence-electron chi connectivity index (χ2n) is 10.0. The van der Waals surface area contributed by atoms with Crippen LogP contribution < -0.4 is 5.32 Å². The number of aromatic hydroxyl groups is 1. The smallest absolute Gasteiger partial charge is 0.244 e. The van der Waals surface area contributed by atoms with Gasteiger partial charge in [-0.1, -0.05) is 12.1 Å². The quantitative estimate of drug-likeness (QED) is 0.474. The van der Waals surface area contributed by atoms with Gasteiger partial charge in [0.1, 0.15) is 5.75 Å². The van der Waals surface area contributed by atoms with E-state index in [1.807, 2.05) is 29.7 Å². The summed E-state index contributed by atoms with van der Waals surface area (Å²) in [5.41, 5.74) is -0.368. The molecule has 2 heterocycles. The standard InChI is InChI=1S/C26H31BrN2O3S/c27-20-13-23(33-16-20)6-7-24(31)28-21-8-9-26(32)17-29(15-18-4-5-18)11-10-25(26,14-21)19-2-1-3-22(30)12-19/h1-3,6-7,12-13,16,18,21,30,32H,4-5,8-11,14-15,17H2,(H,28,31)/b7-6+/t21-,25-,26-/m0/s1. The van der Waals surface area contributed by atoms with E-state index >= 15 is 0 Å². The van der Waals surface area contributed by atoms with Crippen LogP contribution >= 0.6 is 27.3 Å². The van der Waals surface area contributed by atoms with Crippen molar-refractivity contribution in [2.75, 3.05) is 19.6 Å². The number of amides is 1. The summed E-state index contributed by atoms with van der Waals surface area (Å²) in [4.78, 5) is 16.1. The number of phenols is 1. The number of likely N-dealkylation sites (tertiary alicyclic amines) is 1. The summed E-state index contributed by atoms with van der Waals surface area (Å²) in [5.74, 6) is 0.904. The minimum atomic E-state index is -0.867. The molecule has 1 aromatic heterocycles. The number of nitrogens with zero attached hydrogens (tertiary/aromatic N) is 1. The van der Waals surface area contributed by atoms with Gasteiger partial charge in [0.15, 0.2) is 0 Å². The Bertz CT molecular complexity index is 1050. The summed E-state index contributed by atoms with van der Waals surface area (Å²) in [6.07, 6.45) is 8.92. The molecule has 1 aromatic carbocycles. The third-order valence-corrected chi connectivity index (χ3v) is 9.34. The van der Waals surface area contributed by atoms with E-state index < -0.39 is 11.0 Å². The van der Waals surface area contributed by atoms with Crippen LogP contribution in [0.2, 0.25) is 0 Å². The third-order valence-electron chi connectivity index (χ3n) is 7.68. The Morgan fingerprint density at radius 2 is 2.12 bits per heavy atom. The minimum Gasteiger partial charge on any atom is -0.508 e. The fourth-order valence-corrected chi connectivity index (χ4v) is 7.17. The van der Waals surface area contributed by atoms with Crippen molar-refractivity contribution in [2.45, 2.75) is 55.6 Å². The Morgan fingerprint density at radius 1 is 1.27 bits per heavy atom. The van der Waals surface area contributed by atoms with Gasteiger partial charge in [-0.05, 0) is 96.8 Å². The van der Waals surface area contributed by atoms with E-state index in [2.05, 4.69) is 26.1 Å². The van der Waals surface area contributed by atoms with Gasteiger partial charge in [0.05, 0.1) is 5.60 Å². The van der Waals surface area contributed by atoms with Crippen LogP contribution in [0.4, 0.5) is 0 Å². The average Bonchev–Trinajstić information content (AvgIpc) is 3.50. The van der Waals surface area contributed by atoms with Crippen molar-refractivity contribution in [3.63, 3.8) is 0 Å². The van der Waals surface area contributed by atoms with Crippen LogP contribution in [0.5, 0.6) is 5.75 Å². The number of carbonyl (C=O) groups is 1. The number of fused-ring (bicyclic) bond motifs is 1. The molecule has 3 fully saturated rings. The van der Waals surface area contributed by atoms with E-state index in [0.29, 0.717) is 19.4 Å². The van der Waals surface area contributed by atoms with Crippen LogP contribution in [-0.2, 0) is 10.2 Å². The molecule has 2 aliphatic carbocycles. The number of aliphatic hydroxyl groups is 1. The summed E-state index contributed by atoms with van der Waals surface area (Å²) in [5, 5.41) is 27.4. The van der Waals surface area contributed by atoms with Gasteiger partial charge in [0.2, 0.25) is 5.91 Å². The molecule has 2 aromatic rings. The molecule has 33 heavy (non-hydrogen) atoms. The van der Waals surface area contributed by atoms with E-state index in [0.717, 1.165) is 46.8 Å². The van der Waals surface area contributed by atoms with Gasteiger partial charge in [-0.25, -0.2) is 0 Å². The maximum Gasteiger partial charge on any atom is 0.244 e. The Morgan fingerprint density at radius 3 is 2.85 bits per heavy atom. The average molecular weight is 532 g/mol. The number of hydrogen-bond acceptors (Lipinski definition) is 5. The highest BCUT2D eigenvalue weighted by atomic mass is 79.9. The molecule has 0 radical (unpaired) electrons. The van der Waals surface area contributed by atoms with Gasteiger partial charge >= 0.3 is 0 Å². The van der Waals surface area contributed by atoms with Crippen LogP contribution in [0.3, 0.4) is 0 Å². The zero-order chi connectivity index (χ0) is 23.1. The number of halogens is 1. The molecule has 2 saturated carbocycles. The van der Waals surface area contributed by atoms with Crippen molar-refractivity contribution in [2.24, 2.45) is 5.92 Å². The molecule has 3 atom stereocenters. The normalized spacial score (nSPS) is 30.3. The lowest BCUT2D eigenvalue weighted by Crippen LogP contribution is -2.67. The number of hydrogen-bond donors (Lipinski definition) is 3. The zero-order valence-electron chi connectivity index (χ0n) is 18.7. The van der Waals surface area contributed by atoms with E-state index in [9.17, 15) is 15.0 Å². The molecular weight excluding hydrogens is 500 g/mol. The molecule has 1 aliphatic heterocycles. The van der Waals surface area contributed by atoms with Crippen LogP contribution in [-0.4, -0.2) is 52.3 Å². The van der Waals surface area contributed by atoms with Crippen molar-refractivity contribution in [3.05, 3.63) is 56.7 Å². The lowest BCUT2D eigenvalue weighted by molar-refractivity contribution is -0.132. The molecule has 3 N–H and O–H groups in total. The van der Waals surface area contributed by atoms with Gasteiger partial charge in [0, 0.05) is 45.4 Å². The van der Waals surface area contributed by atoms with Crippen LogP contribution in [0.15, 0.2) is 46.3 Å². The van der Waals surface area contributed by atoms with E-state index in [4.69, 9.17) is 0 Å². The number of carbonyl (C=O) groups excluding carboxylic acids is 1. The number of β-amino-alcohol motifs (C(OH)–C–C–N with tert-alkyl or cyclic N) is 1. The molecule has 5 nitrogen and oxygen atoms in total. The van der Waals surface area contributed by atoms with Crippen LogP contribution in [0.1, 0.15) is 49.0 Å². The van der Waals surface area contributed by atoms with Crippen LogP contribution in [0, 0.1) is 5.92 Å². The lowest BCUT2D eigenvalue weighted by Gasteiger charge is -2.58. The second kappa shape index (κ2) is 9.17. The molecule has 3 aliphatic rings. The van der Waals surface area contributed by atoms with Crippen molar-refractivity contribution in [3.8, 4) is 5.75 Å². The predicted octanol–water partition coefficient (Wildman–Crippen LogP) is 4.68. The Kier molecular flexibility index (Phi) is 6.42. The van der Waals surface area contributed by atoms with Gasteiger partial charge in [-0.2, -0.15) is 0 Å². The van der Waals surface area contributed by atoms with E-state index in [1.165, 1.54) is 12.8 Å². The fourth-order valence-electron chi connectivity index (χ4n) is 5.83. The first-order valence-electron chi connectivity index (χ1n) is 11.8. The highest BCUT2D eigenvalue weighted by Crippen LogP contribution is 2.52. The van der Waals surface area contributed by atoms with Gasteiger partial charge in [-0.3, -0.25) is 4.79 Å². The van der Waals surface area contributed by atoms with Gasteiger partial charge in [0.25, 0.3) is 0 Å². The monoisotopic (exact) mass is 530 g/mol. The van der Waals surface area contributed by atoms with Gasteiger partial charge < -0.3 is 20.4 Å². The topological polar surface area (TPSA) is 72.8 Å². The van der Waals surface area contributed by atoms with Crippen molar-refractivity contribution >= 4 is 39.2 Å². The van der Waals surface area contributed by atoms with Crippen molar-refractivity contribution in [1.82, 2.24) is 10.2 Å². The largest absolute Gasteiger partial charge is 0.508 e. The second-order valence-corrected chi connectivity index (χ2v) is 11.9. The molecule has 1 saturated heterocycles. The predicted molar refractivity (Wildman–Crippen MR) is 135 cm³/mol. The first-order valence-corrected chi connectivity index (χ1v) is 13.5. The molecular formula is C26H31BrN2O3S.